The van der Waals surface area contributed by atoms with Crippen LogP contribution in [-0.4, -0.2) is 80.8 Å². The molecule has 1 unspecified atom stereocenters. The molecule has 1 atom stereocenters. The molecule has 0 saturated carbocycles. The van der Waals surface area contributed by atoms with Crippen molar-refractivity contribution < 1.29 is 4.74 Å². The molecule has 2 fully saturated rings. The van der Waals surface area contributed by atoms with Gasteiger partial charge in [-0.3, -0.25) is 14.8 Å². The van der Waals surface area contributed by atoms with E-state index in [2.05, 4.69) is 57.7 Å². The fraction of sp³-hybridized carbons (Fsp3) is 0.696. The van der Waals surface area contributed by atoms with Crippen LogP contribution in [0.25, 0.3) is 0 Å². The molecule has 6 heteroatoms. The molecule has 0 amide bonds. The minimum absolute atomic E-state index is 0.548. The van der Waals surface area contributed by atoms with E-state index in [0.717, 1.165) is 58.4 Å². The Labute approximate surface area is 176 Å². The van der Waals surface area contributed by atoms with Crippen molar-refractivity contribution in [3.05, 3.63) is 35.9 Å². The van der Waals surface area contributed by atoms with E-state index in [1.54, 1.807) is 0 Å². The molecule has 2 N–H and O–H groups in total. The van der Waals surface area contributed by atoms with Crippen molar-refractivity contribution in [2.24, 2.45) is 4.99 Å². The molecule has 2 saturated heterocycles. The summed E-state index contributed by atoms with van der Waals surface area (Å²) in [6, 6.07) is 11.3. The number of benzene rings is 1. The van der Waals surface area contributed by atoms with Crippen LogP contribution in [0.2, 0.25) is 0 Å². The number of morpholine rings is 1. The number of likely N-dealkylation sites (tertiary alicyclic amines) is 1. The van der Waals surface area contributed by atoms with Gasteiger partial charge in [-0.2, -0.15) is 0 Å². The van der Waals surface area contributed by atoms with Gasteiger partial charge in [-0.1, -0.05) is 30.3 Å². The smallest absolute Gasteiger partial charge is 0.191 e. The van der Waals surface area contributed by atoms with Crippen LogP contribution >= 0.6 is 0 Å². The summed E-state index contributed by atoms with van der Waals surface area (Å²) in [4.78, 5) is 9.99. The third kappa shape index (κ3) is 7.96. The molecule has 1 aromatic carbocycles. The van der Waals surface area contributed by atoms with Crippen LogP contribution in [0.4, 0.5) is 0 Å². The molecule has 0 bridgehead atoms. The Kier molecular flexibility index (Phi) is 9.76. The number of unbranched alkanes of at least 4 members (excludes halogenated alkanes) is 1. The Morgan fingerprint density at radius 3 is 2.72 bits per heavy atom. The van der Waals surface area contributed by atoms with Crippen LogP contribution in [0.3, 0.4) is 0 Å². The van der Waals surface area contributed by atoms with E-state index in [4.69, 9.17) is 9.73 Å². The van der Waals surface area contributed by atoms with Gasteiger partial charge in [-0.25, -0.2) is 0 Å². The lowest BCUT2D eigenvalue weighted by Crippen LogP contribution is -2.40. The number of guanidine groups is 1. The standard InChI is InChI=1S/C23H39N5O/c1-2-24-23(25-12-6-7-13-27-15-17-29-18-16-27)26-19-22-11-8-14-28(22)20-21-9-4-3-5-10-21/h3-5,9-10,22H,2,6-8,11-20H2,1H3,(H2,24,25,26). The predicted molar refractivity (Wildman–Crippen MR) is 120 cm³/mol. The summed E-state index contributed by atoms with van der Waals surface area (Å²) in [5, 5.41) is 6.93. The van der Waals surface area contributed by atoms with Crippen molar-refractivity contribution in [2.45, 2.75) is 45.2 Å². The number of hydrogen-bond acceptors (Lipinski definition) is 4. The topological polar surface area (TPSA) is 52.1 Å². The SMILES string of the molecule is CCNC(=NCC1CCCN1Cc1ccccc1)NCCCCN1CCOCC1. The van der Waals surface area contributed by atoms with Gasteiger partial charge in [0.15, 0.2) is 5.96 Å². The molecule has 2 heterocycles. The normalized spacial score (nSPS) is 21.4. The van der Waals surface area contributed by atoms with Crippen LogP contribution in [0.15, 0.2) is 35.3 Å². The largest absolute Gasteiger partial charge is 0.379 e. The van der Waals surface area contributed by atoms with Crippen molar-refractivity contribution in [3.63, 3.8) is 0 Å². The number of nitrogens with one attached hydrogen (secondary N) is 2. The highest BCUT2D eigenvalue weighted by Crippen LogP contribution is 2.20. The van der Waals surface area contributed by atoms with E-state index in [9.17, 15) is 0 Å². The summed E-state index contributed by atoms with van der Waals surface area (Å²) in [6.07, 6.45) is 4.92. The van der Waals surface area contributed by atoms with Gasteiger partial charge in [0.1, 0.15) is 0 Å². The summed E-state index contributed by atoms with van der Waals surface area (Å²) in [5.41, 5.74) is 1.40. The second-order valence-corrected chi connectivity index (χ2v) is 8.06. The fourth-order valence-corrected chi connectivity index (χ4v) is 4.16. The molecule has 2 aliphatic heterocycles. The molecule has 0 aromatic heterocycles. The lowest BCUT2D eigenvalue weighted by atomic mass is 10.2. The molecular weight excluding hydrogens is 362 g/mol. The van der Waals surface area contributed by atoms with E-state index in [0.29, 0.717) is 6.04 Å². The van der Waals surface area contributed by atoms with Gasteiger partial charge < -0.3 is 15.4 Å². The first-order valence-electron chi connectivity index (χ1n) is 11.5. The van der Waals surface area contributed by atoms with Crippen molar-refractivity contribution in [3.8, 4) is 0 Å². The number of ether oxygens (including phenoxy) is 1. The monoisotopic (exact) mass is 401 g/mol. The van der Waals surface area contributed by atoms with Gasteiger partial charge in [0.25, 0.3) is 0 Å². The van der Waals surface area contributed by atoms with Gasteiger partial charge in [-0.05, 0) is 51.3 Å². The highest BCUT2D eigenvalue weighted by atomic mass is 16.5. The van der Waals surface area contributed by atoms with Crippen molar-refractivity contribution in [1.82, 2.24) is 20.4 Å². The molecule has 3 rings (SSSR count). The highest BCUT2D eigenvalue weighted by Gasteiger charge is 2.24. The summed E-state index contributed by atoms with van der Waals surface area (Å²) >= 11 is 0. The third-order valence-electron chi connectivity index (χ3n) is 5.83. The molecule has 1 aromatic rings. The molecule has 0 aliphatic carbocycles. The Balaban J connectivity index is 1.38. The zero-order valence-electron chi connectivity index (χ0n) is 18.1. The quantitative estimate of drug-likeness (QED) is 0.358. The maximum absolute atomic E-state index is 5.41. The molecule has 2 aliphatic rings. The first-order valence-corrected chi connectivity index (χ1v) is 11.5. The summed E-state index contributed by atoms with van der Waals surface area (Å²) < 4.78 is 5.41. The second kappa shape index (κ2) is 12.8. The van der Waals surface area contributed by atoms with Crippen LogP contribution in [0.5, 0.6) is 0 Å². The lowest BCUT2D eigenvalue weighted by Gasteiger charge is -2.26. The summed E-state index contributed by atoms with van der Waals surface area (Å²) in [7, 11) is 0. The van der Waals surface area contributed by atoms with Crippen molar-refractivity contribution in [2.75, 3.05) is 59.0 Å². The average Bonchev–Trinajstić information content (AvgIpc) is 3.20. The molecule has 29 heavy (non-hydrogen) atoms. The number of nitrogens with zero attached hydrogens (tertiary/aromatic N) is 3. The third-order valence-corrected chi connectivity index (χ3v) is 5.83. The number of rotatable bonds is 10. The molecule has 0 spiro atoms. The molecule has 162 valence electrons. The summed E-state index contributed by atoms with van der Waals surface area (Å²) in [6.45, 7) is 12.2. The van der Waals surface area contributed by atoms with E-state index < -0.39 is 0 Å². The Bertz CT molecular complexity index is 588. The van der Waals surface area contributed by atoms with Crippen LogP contribution in [0.1, 0.15) is 38.2 Å². The molecule has 6 nitrogen and oxygen atoms in total. The van der Waals surface area contributed by atoms with Gasteiger partial charge in [0, 0.05) is 38.8 Å². The van der Waals surface area contributed by atoms with Gasteiger partial charge in [-0.15, -0.1) is 0 Å². The van der Waals surface area contributed by atoms with Crippen LogP contribution in [0, 0.1) is 0 Å². The number of hydrogen-bond donors (Lipinski definition) is 2. The van der Waals surface area contributed by atoms with Crippen LogP contribution < -0.4 is 10.6 Å². The maximum atomic E-state index is 5.41. The second-order valence-electron chi connectivity index (χ2n) is 8.06. The fourth-order valence-electron chi connectivity index (χ4n) is 4.16. The van der Waals surface area contributed by atoms with E-state index in [1.807, 2.05) is 0 Å². The maximum Gasteiger partial charge on any atom is 0.191 e. The van der Waals surface area contributed by atoms with Gasteiger partial charge in [0.05, 0.1) is 19.8 Å². The summed E-state index contributed by atoms with van der Waals surface area (Å²) in [5.74, 6) is 0.963. The zero-order valence-corrected chi connectivity index (χ0v) is 18.1. The zero-order chi connectivity index (χ0) is 20.2. The first kappa shape index (κ1) is 22.1. The highest BCUT2D eigenvalue weighted by molar-refractivity contribution is 5.79. The lowest BCUT2D eigenvalue weighted by molar-refractivity contribution is 0.0372. The Hall–Kier alpha value is -1.63. The minimum Gasteiger partial charge on any atom is -0.379 e. The van der Waals surface area contributed by atoms with E-state index >= 15 is 0 Å². The molecular formula is C23H39N5O. The number of aliphatic imine (C=N–C) groups is 1. The average molecular weight is 402 g/mol. The van der Waals surface area contributed by atoms with Crippen molar-refractivity contribution in [1.29, 1.82) is 0 Å². The van der Waals surface area contributed by atoms with Crippen molar-refractivity contribution >= 4 is 5.96 Å². The first-order chi connectivity index (χ1) is 14.3. The van der Waals surface area contributed by atoms with Crippen LogP contribution in [-0.2, 0) is 11.3 Å². The van der Waals surface area contributed by atoms with Gasteiger partial charge in [0.2, 0.25) is 0 Å². The van der Waals surface area contributed by atoms with Gasteiger partial charge >= 0.3 is 0 Å². The Morgan fingerprint density at radius 1 is 1.10 bits per heavy atom. The minimum atomic E-state index is 0.548. The predicted octanol–water partition coefficient (Wildman–Crippen LogP) is 2.32. The van der Waals surface area contributed by atoms with E-state index in [-0.39, 0.29) is 0 Å². The Morgan fingerprint density at radius 2 is 1.93 bits per heavy atom. The molecule has 0 radical (unpaired) electrons. The van der Waals surface area contributed by atoms with E-state index in [1.165, 1.54) is 44.3 Å².